The van der Waals surface area contributed by atoms with Crippen LogP contribution in [0.5, 0.6) is 0 Å². The van der Waals surface area contributed by atoms with Crippen LogP contribution in [0.3, 0.4) is 0 Å². The molecular formula is C10H20N2. The first kappa shape index (κ1) is 8.52. The number of rotatable bonds is 2. The quantitative estimate of drug-likeness (QED) is 0.664. The van der Waals surface area contributed by atoms with Gasteiger partial charge in [-0.05, 0) is 24.2 Å². The third kappa shape index (κ3) is 1.38. The third-order valence-corrected chi connectivity index (χ3v) is 3.30. The molecular weight excluding hydrogens is 148 g/mol. The van der Waals surface area contributed by atoms with E-state index in [1.54, 1.807) is 0 Å². The van der Waals surface area contributed by atoms with Crippen molar-refractivity contribution >= 4 is 0 Å². The van der Waals surface area contributed by atoms with Gasteiger partial charge in [0.1, 0.15) is 0 Å². The molecule has 2 saturated heterocycles. The number of nitrogens with two attached hydrogens (primary N) is 1. The van der Waals surface area contributed by atoms with Gasteiger partial charge in [0.2, 0.25) is 0 Å². The molecule has 2 nitrogen and oxygen atoms in total. The van der Waals surface area contributed by atoms with Crippen molar-refractivity contribution in [3.63, 3.8) is 0 Å². The van der Waals surface area contributed by atoms with Crippen LogP contribution < -0.4 is 5.73 Å². The Labute approximate surface area is 75.1 Å². The van der Waals surface area contributed by atoms with Gasteiger partial charge >= 0.3 is 0 Å². The molecule has 2 heterocycles. The molecule has 2 heteroatoms. The SMILES string of the molecule is CC(C)CN1C[C@H]2C[C@@H](C1)C2N. The fourth-order valence-corrected chi connectivity index (χ4v) is 2.69. The third-order valence-electron chi connectivity index (χ3n) is 3.30. The van der Waals surface area contributed by atoms with Gasteiger partial charge in [-0.15, -0.1) is 0 Å². The summed E-state index contributed by atoms with van der Waals surface area (Å²) in [5, 5.41) is 0. The van der Waals surface area contributed by atoms with Crippen LogP contribution in [0.1, 0.15) is 20.3 Å². The summed E-state index contributed by atoms with van der Waals surface area (Å²) in [4.78, 5) is 2.59. The Morgan fingerprint density at radius 1 is 1.33 bits per heavy atom. The molecule has 0 aromatic carbocycles. The lowest BCUT2D eigenvalue weighted by molar-refractivity contribution is -0.00229. The van der Waals surface area contributed by atoms with Gasteiger partial charge in [-0.25, -0.2) is 0 Å². The standard InChI is InChI=1S/C10H20N2/c1-7(2)4-12-5-8-3-9(6-12)10(8)11/h7-10H,3-6,11H2,1-2H3/t8-,9+,10?. The second kappa shape index (κ2) is 3.00. The van der Waals surface area contributed by atoms with E-state index >= 15 is 0 Å². The van der Waals surface area contributed by atoms with Crippen molar-refractivity contribution in [3.05, 3.63) is 0 Å². The van der Waals surface area contributed by atoms with Gasteiger partial charge < -0.3 is 10.6 Å². The number of hydrogen-bond donors (Lipinski definition) is 1. The highest BCUT2D eigenvalue weighted by molar-refractivity contribution is 4.99. The van der Waals surface area contributed by atoms with Crippen LogP contribution in [0.4, 0.5) is 0 Å². The van der Waals surface area contributed by atoms with Gasteiger partial charge in [0.25, 0.3) is 0 Å². The normalized spacial score (nSPS) is 41.5. The molecule has 1 saturated carbocycles. The lowest BCUT2D eigenvalue weighted by Gasteiger charge is -2.52. The summed E-state index contributed by atoms with van der Waals surface area (Å²) in [6.07, 6.45) is 1.40. The predicted octanol–water partition coefficient (Wildman–Crippen LogP) is 0.921. The molecule has 0 amide bonds. The zero-order valence-corrected chi connectivity index (χ0v) is 8.16. The predicted molar refractivity (Wildman–Crippen MR) is 50.9 cm³/mol. The first-order chi connectivity index (χ1) is 5.66. The minimum absolute atomic E-state index is 0.536. The van der Waals surface area contributed by atoms with Crippen molar-refractivity contribution in [3.8, 4) is 0 Å². The first-order valence-corrected chi connectivity index (χ1v) is 5.14. The van der Waals surface area contributed by atoms with E-state index in [4.69, 9.17) is 5.73 Å². The summed E-state index contributed by atoms with van der Waals surface area (Å²) in [5.41, 5.74) is 5.99. The molecule has 2 N–H and O–H groups in total. The molecule has 3 rings (SSSR count). The largest absolute Gasteiger partial charge is 0.327 e. The van der Waals surface area contributed by atoms with Crippen molar-refractivity contribution in [2.45, 2.75) is 26.3 Å². The maximum Gasteiger partial charge on any atom is 0.0120 e. The van der Waals surface area contributed by atoms with Gasteiger partial charge in [0, 0.05) is 25.7 Å². The van der Waals surface area contributed by atoms with Crippen LogP contribution in [0, 0.1) is 17.8 Å². The molecule has 0 radical (unpaired) electrons. The first-order valence-electron chi connectivity index (χ1n) is 5.14. The number of fused-ring (bicyclic) bond motifs is 2. The summed E-state index contributed by atoms with van der Waals surface area (Å²) in [6, 6.07) is 0.536. The summed E-state index contributed by atoms with van der Waals surface area (Å²) in [5.74, 6) is 2.45. The van der Waals surface area contributed by atoms with Crippen molar-refractivity contribution in [2.75, 3.05) is 19.6 Å². The second-order valence-corrected chi connectivity index (χ2v) is 4.95. The molecule has 2 aliphatic heterocycles. The van der Waals surface area contributed by atoms with Crippen LogP contribution in [0.25, 0.3) is 0 Å². The van der Waals surface area contributed by atoms with Crippen LogP contribution in [0.15, 0.2) is 0 Å². The van der Waals surface area contributed by atoms with E-state index in [0.29, 0.717) is 6.04 Å². The van der Waals surface area contributed by atoms with E-state index in [0.717, 1.165) is 17.8 Å². The minimum Gasteiger partial charge on any atom is -0.327 e. The summed E-state index contributed by atoms with van der Waals surface area (Å²) < 4.78 is 0. The van der Waals surface area contributed by atoms with Crippen molar-refractivity contribution < 1.29 is 0 Å². The Morgan fingerprint density at radius 3 is 2.33 bits per heavy atom. The summed E-state index contributed by atoms with van der Waals surface area (Å²) in [7, 11) is 0. The molecule has 3 fully saturated rings. The highest BCUT2D eigenvalue weighted by atomic mass is 15.2. The van der Waals surface area contributed by atoms with Crippen LogP contribution in [-0.4, -0.2) is 30.6 Å². The molecule has 3 aliphatic rings. The Morgan fingerprint density at radius 2 is 1.92 bits per heavy atom. The molecule has 0 aromatic heterocycles. The average molecular weight is 168 g/mol. The molecule has 0 aromatic rings. The van der Waals surface area contributed by atoms with Gasteiger partial charge in [-0.3, -0.25) is 0 Å². The summed E-state index contributed by atoms with van der Waals surface area (Å²) >= 11 is 0. The number of piperidine rings is 2. The van der Waals surface area contributed by atoms with E-state index < -0.39 is 0 Å². The molecule has 0 spiro atoms. The van der Waals surface area contributed by atoms with Gasteiger partial charge in [0.05, 0.1) is 0 Å². The molecule has 70 valence electrons. The fraction of sp³-hybridized carbons (Fsp3) is 1.00. The Balaban J connectivity index is 1.83. The molecule has 1 unspecified atom stereocenters. The smallest absolute Gasteiger partial charge is 0.0120 e. The Kier molecular flexibility index (Phi) is 2.13. The Hall–Kier alpha value is -0.0800. The molecule has 12 heavy (non-hydrogen) atoms. The second-order valence-electron chi connectivity index (χ2n) is 4.95. The zero-order chi connectivity index (χ0) is 8.72. The maximum absolute atomic E-state index is 5.99. The number of nitrogens with zero attached hydrogens (tertiary/aromatic N) is 1. The average Bonchev–Trinajstić information content (AvgIpc) is 2.02. The van der Waals surface area contributed by atoms with E-state index in [1.165, 1.54) is 26.1 Å². The topological polar surface area (TPSA) is 29.3 Å². The number of hydrogen-bond acceptors (Lipinski definition) is 2. The van der Waals surface area contributed by atoms with Crippen molar-refractivity contribution in [1.29, 1.82) is 0 Å². The van der Waals surface area contributed by atoms with E-state index in [-0.39, 0.29) is 0 Å². The molecule has 3 atom stereocenters. The fourth-order valence-electron chi connectivity index (χ4n) is 2.69. The highest BCUT2D eigenvalue weighted by Crippen LogP contribution is 2.38. The van der Waals surface area contributed by atoms with E-state index in [9.17, 15) is 0 Å². The van der Waals surface area contributed by atoms with Crippen LogP contribution in [-0.2, 0) is 0 Å². The van der Waals surface area contributed by atoms with Crippen molar-refractivity contribution in [1.82, 2.24) is 4.90 Å². The van der Waals surface area contributed by atoms with Gasteiger partial charge in [-0.2, -0.15) is 0 Å². The van der Waals surface area contributed by atoms with Crippen LogP contribution >= 0.6 is 0 Å². The Bertz CT molecular complexity index is 155. The lowest BCUT2D eigenvalue weighted by atomic mass is 9.66. The van der Waals surface area contributed by atoms with Gasteiger partial charge in [-0.1, -0.05) is 13.8 Å². The van der Waals surface area contributed by atoms with E-state index in [1.807, 2.05) is 0 Å². The zero-order valence-electron chi connectivity index (χ0n) is 8.16. The monoisotopic (exact) mass is 168 g/mol. The highest BCUT2D eigenvalue weighted by Gasteiger charge is 2.44. The summed E-state index contributed by atoms with van der Waals surface area (Å²) in [6.45, 7) is 8.37. The minimum atomic E-state index is 0.536. The maximum atomic E-state index is 5.99. The molecule has 1 aliphatic carbocycles. The van der Waals surface area contributed by atoms with Crippen LogP contribution in [0.2, 0.25) is 0 Å². The van der Waals surface area contributed by atoms with Gasteiger partial charge in [0.15, 0.2) is 0 Å². The molecule has 2 bridgehead atoms. The van der Waals surface area contributed by atoms with Crippen molar-refractivity contribution in [2.24, 2.45) is 23.5 Å². The van der Waals surface area contributed by atoms with E-state index in [2.05, 4.69) is 18.7 Å². The lowest BCUT2D eigenvalue weighted by Crippen LogP contribution is -2.62.